The van der Waals surface area contributed by atoms with Crippen LogP contribution < -0.4 is 10.2 Å². The zero-order valence-corrected chi connectivity index (χ0v) is 14.3. The lowest BCUT2D eigenvalue weighted by Crippen LogP contribution is -2.27. The molecule has 0 radical (unpaired) electrons. The summed E-state index contributed by atoms with van der Waals surface area (Å²) in [5.41, 5.74) is 0.733. The van der Waals surface area contributed by atoms with Gasteiger partial charge in [-0.3, -0.25) is 0 Å². The summed E-state index contributed by atoms with van der Waals surface area (Å²) in [5, 5.41) is 4.20. The number of anilines is 3. The second-order valence-corrected chi connectivity index (χ2v) is 5.74. The SMILES string of the molecule is CCCN(CCC)c1nccc(Nc2cccc(Cl)c2Cl)n1. The summed E-state index contributed by atoms with van der Waals surface area (Å²) >= 11 is 12.2. The Kier molecular flexibility index (Phi) is 6.28. The molecule has 0 aliphatic heterocycles. The summed E-state index contributed by atoms with van der Waals surface area (Å²) in [6.45, 7) is 6.18. The molecule has 0 bridgehead atoms. The van der Waals surface area contributed by atoms with Gasteiger partial charge in [0.2, 0.25) is 5.95 Å². The van der Waals surface area contributed by atoms with Gasteiger partial charge in [0, 0.05) is 19.3 Å². The fourth-order valence-corrected chi connectivity index (χ4v) is 2.51. The lowest BCUT2D eigenvalue weighted by molar-refractivity contribution is 0.722. The second kappa shape index (κ2) is 8.20. The summed E-state index contributed by atoms with van der Waals surface area (Å²) < 4.78 is 0. The largest absolute Gasteiger partial charge is 0.341 e. The van der Waals surface area contributed by atoms with E-state index in [2.05, 4.69) is 34.0 Å². The first-order chi connectivity index (χ1) is 10.7. The van der Waals surface area contributed by atoms with Gasteiger partial charge in [0.05, 0.1) is 15.7 Å². The molecule has 2 rings (SSSR count). The molecule has 0 saturated heterocycles. The number of nitrogens with one attached hydrogen (secondary N) is 1. The fraction of sp³-hybridized carbons (Fsp3) is 0.375. The molecule has 1 aromatic carbocycles. The average molecular weight is 339 g/mol. The van der Waals surface area contributed by atoms with Crippen molar-refractivity contribution >= 4 is 40.7 Å². The molecule has 118 valence electrons. The molecule has 1 aromatic heterocycles. The van der Waals surface area contributed by atoms with E-state index in [9.17, 15) is 0 Å². The highest BCUT2D eigenvalue weighted by Gasteiger charge is 2.10. The van der Waals surface area contributed by atoms with E-state index in [1.54, 1.807) is 12.3 Å². The van der Waals surface area contributed by atoms with Crippen molar-refractivity contribution in [3.8, 4) is 0 Å². The molecule has 0 fully saturated rings. The van der Waals surface area contributed by atoms with E-state index in [4.69, 9.17) is 23.2 Å². The smallest absolute Gasteiger partial charge is 0.227 e. The van der Waals surface area contributed by atoms with Gasteiger partial charge in [0.15, 0.2) is 0 Å². The molecular formula is C16H20Cl2N4. The van der Waals surface area contributed by atoms with E-state index < -0.39 is 0 Å². The topological polar surface area (TPSA) is 41.1 Å². The van der Waals surface area contributed by atoms with Crippen molar-refractivity contribution in [2.75, 3.05) is 23.3 Å². The summed E-state index contributed by atoms with van der Waals surface area (Å²) in [6.07, 6.45) is 3.86. The minimum atomic E-state index is 0.489. The van der Waals surface area contributed by atoms with E-state index in [0.29, 0.717) is 15.9 Å². The van der Waals surface area contributed by atoms with Crippen LogP contribution in [0, 0.1) is 0 Å². The van der Waals surface area contributed by atoms with Gasteiger partial charge in [-0.2, -0.15) is 4.98 Å². The summed E-state index contributed by atoms with van der Waals surface area (Å²) in [6, 6.07) is 7.28. The van der Waals surface area contributed by atoms with Crippen LogP contribution in [0.25, 0.3) is 0 Å². The number of nitrogens with zero attached hydrogens (tertiary/aromatic N) is 3. The molecule has 0 saturated carbocycles. The lowest BCUT2D eigenvalue weighted by Gasteiger charge is -2.21. The van der Waals surface area contributed by atoms with Crippen LogP contribution >= 0.6 is 23.2 Å². The van der Waals surface area contributed by atoms with E-state index in [1.165, 1.54) is 0 Å². The highest BCUT2D eigenvalue weighted by Crippen LogP contribution is 2.31. The molecule has 1 N–H and O–H groups in total. The van der Waals surface area contributed by atoms with Gasteiger partial charge in [0.25, 0.3) is 0 Å². The van der Waals surface area contributed by atoms with Gasteiger partial charge in [-0.15, -0.1) is 0 Å². The van der Waals surface area contributed by atoms with Crippen LogP contribution in [0.4, 0.5) is 17.5 Å². The Labute approximate surface area is 141 Å². The van der Waals surface area contributed by atoms with Crippen LogP contribution in [-0.4, -0.2) is 23.1 Å². The van der Waals surface area contributed by atoms with E-state index in [0.717, 1.165) is 37.6 Å². The molecule has 6 heteroatoms. The number of hydrogen-bond acceptors (Lipinski definition) is 4. The van der Waals surface area contributed by atoms with Crippen molar-refractivity contribution in [3.63, 3.8) is 0 Å². The van der Waals surface area contributed by atoms with Crippen LogP contribution in [0.2, 0.25) is 10.0 Å². The van der Waals surface area contributed by atoms with Gasteiger partial charge >= 0.3 is 0 Å². The predicted octanol–water partition coefficient (Wildman–Crippen LogP) is 5.15. The van der Waals surface area contributed by atoms with Crippen LogP contribution in [0.1, 0.15) is 26.7 Å². The predicted molar refractivity (Wildman–Crippen MR) is 94.6 cm³/mol. The molecule has 2 aromatic rings. The molecule has 0 atom stereocenters. The maximum Gasteiger partial charge on any atom is 0.227 e. The summed E-state index contributed by atoms with van der Waals surface area (Å²) in [5.74, 6) is 1.43. The van der Waals surface area contributed by atoms with Crippen molar-refractivity contribution in [2.24, 2.45) is 0 Å². The highest BCUT2D eigenvalue weighted by atomic mass is 35.5. The number of benzene rings is 1. The Morgan fingerprint density at radius 1 is 1.09 bits per heavy atom. The summed E-state index contributed by atoms with van der Waals surface area (Å²) in [7, 11) is 0. The Morgan fingerprint density at radius 2 is 1.82 bits per heavy atom. The zero-order valence-electron chi connectivity index (χ0n) is 12.8. The first-order valence-corrected chi connectivity index (χ1v) is 8.20. The summed E-state index contributed by atoms with van der Waals surface area (Å²) in [4.78, 5) is 11.1. The van der Waals surface area contributed by atoms with E-state index >= 15 is 0 Å². The number of halogens is 2. The van der Waals surface area contributed by atoms with E-state index in [-0.39, 0.29) is 0 Å². The second-order valence-electron chi connectivity index (χ2n) is 4.96. The molecule has 4 nitrogen and oxygen atoms in total. The average Bonchev–Trinajstić information content (AvgIpc) is 2.52. The minimum absolute atomic E-state index is 0.489. The first-order valence-electron chi connectivity index (χ1n) is 7.44. The molecule has 0 aliphatic rings. The van der Waals surface area contributed by atoms with Crippen LogP contribution in [-0.2, 0) is 0 Å². The molecule has 1 heterocycles. The zero-order chi connectivity index (χ0) is 15.9. The Morgan fingerprint density at radius 3 is 2.50 bits per heavy atom. The number of rotatable bonds is 7. The number of aromatic nitrogens is 2. The van der Waals surface area contributed by atoms with Crippen LogP contribution in [0.3, 0.4) is 0 Å². The quantitative estimate of drug-likeness (QED) is 0.757. The Hall–Kier alpha value is -1.52. The third kappa shape index (κ3) is 4.24. The monoisotopic (exact) mass is 338 g/mol. The molecule has 0 aliphatic carbocycles. The van der Waals surface area contributed by atoms with Crippen molar-refractivity contribution in [3.05, 3.63) is 40.5 Å². The minimum Gasteiger partial charge on any atom is -0.341 e. The van der Waals surface area contributed by atoms with Crippen molar-refractivity contribution in [2.45, 2.75) is 26.7 Å². The molecule has 0 unspecified atom stereocenters. The van der Waals surface area contributed by atoms with E-state index in [1.807, 2.05) is 18.2 Å². The standard InChI is InChI=1S/C16H20Cl2N4/c1-3-10-22(11-4-2)16-19-9-8-14(21-16)20-13-7-5-6-12(17)15(13)18/h5-9H,3-4,10-11H2,1-2H3,(H,19,20,21). The van der Waals surface area contributed by atoms with Crippen LogP contribution in [0.5, 0.6) is 0 Å². The van der Waals surface area contributed by atoms with Gasteiger partial charge < -0.3 is 10.2 Å². The molecule has 0 amide bonds. The van der Waals surface area contributed by atoms with Gasteiger partial charge in [-0.1, -0.05) is 43.1 Å². The maximum absolute atomic E-state index is 6.20. The van der Waals surface area contributed by atoms with Crippen LogP contribution in [0.15, 0.2) is 30.5 Å². The lowest BCUT2D eigenvalue weighted by atomic mass is 10.3. The van der Waals surface area contributed by atoms with Crippen molar-refractivity contribution in [1.82, 2.24) is 9.97 Å². The van der Waals surface area contributed by atoms with Gasteiger partial charge in [-0.25, -0.2) is 4.98 Å². The third-order valence-corrected chi connectivity index (χ3v) is 3.95. The Balaban J connectivity index is 2.22. The molecule has 22 heavy (non-hydrogen) atoms. The van der Waals surface area contributed by atoms with Gasteiger partial charge in [0.1, 0.15) is 5.82 Å². The van der Waals surface area contributed by atoms with Crippen molar-refractivity contribution < 1.29 is 0 Å². The Bertz CT molecular complexity index is 613. The number of hydrogen-bond donors (Lipinski definition) is 1. The third-order valence-electron chi connectivity index (χ3n) is 3.13. The molecule has 0 spiro atoms. The first kappa shape index (κ1) is 16.8. The normalized spacial score (nSPS) is 10.5. The highest BCUT2D eigenvalue weighted by molar-refractivity contribution is 6.43. The van der Waals surface area contributed by atoms with Crippen molar-refractivity contribution in [1.29, 1.82) is 0 Å². The fourth-order valence-electron chi connectivity index (χ4n) is 2.16. The van der Waals surface area contributed by atoms with Gasteiger partial charge in [-0.05, 0) is 31.0 Å². The molecular weight excluding hydrogens is 319 g/mol. The maximum atomic E-state index is 6.20.